The summed E-state index contributed by atoms with van der Waals surface area (Å²) in [5, 5.41) is 3.40. The third kappa shape index (κ3) is 7.95. The first kappa shape index (κ1) is 23.0. The van der Waals surface area contributed by atoms with Crippen molar-refractivity contribution in [2.45, 2.75) is 32.7 Å². The van der Waals surface area contributed by atoms with E-state index in [0.29, 0.717) is 23.7 Å². The molecule has 0 heterocycles. The maximum atomic E-state index is 12.2. The van der Waals surface area contributed by atoms with Crippen LogP contribution in [0.1, 0.15) is 25.3 Å². The van der Waals surface area contributed by atoms with Crippen molar-refractivity contribution in [3.63, 3.8) is 0 Å². The molecule has 29 heavy (non-hydrogen) atoms. The molecule has 0 radical (unpaired) electrons. The average molecular weight is 439 g/mol. The number of benzene rings is 2. The van der Waals surface area contributed by atoms with E-state index in [1.54, 1.807) is 24.3 Å². The Kier molecular flexibility index (Phi) is 8.34. The van der Waals surface area contributed by atoms with E-state index in [1.165, 1.54) is 4.31 Å². The van der Waals surface area contributed by atoms with Gasteiger partial charge in [0.2, 0.25) is 15.9 Å². The van der Waals surface area contributed by atoms with Gasteiger partial charge in [0, 0.05) is 18.0 Å². The highest BCUT2D eigenvalue weighted by Crippen LogP contribution is 2.21. The molecule has 0 spiro atoms. The van der Waals surface area contributed by atoms with Crippen molar-refractivity contribution in [3.8, 4) is 5.75 Å². The van der Waals surface area contributed by atoms with Gasteiger partial charge in [0.1, 0.15) is 12.4 Å². The first-order chi connectivity index (χ1) is 13.6. The van der Waals surface area contributed by atoms with Crippen molar-refractivity contribution in [1.29, 1.82) is 0 Å². The number of aryl methyl sites for hydroxylation is 1. The zero-order valence-electron chi connectivity index (χ0n) is 16.9. The summed E-state index contributed by atoms with van der Waals surface area (Å²) in [6.07, 6.45) is 1.76. The molecule has 0 saturated carbocycles. The molecule has 0 aromatic heterocycles. The Morgan fingerprint density at radius 1 is 1.14 bits per heavy atom. The number of hydrogen-bond acceptors (Lipinski definition) is 4. The largest absolute Gasteiger partial charge is 0.491 e. The number of nitrogens with one attached hydrogen (secondary N) is 1. The Morgan fingerprint density at radius 2 is 1.76 bits per heavy atom. The summed E-state index contributed by atoms with van der Waals surface area (Å²) >= 11 is 5.87. The Balaban J connectivity index is 1.79. The quantitative estimate of drug-likeness (QED) is 0.612. The minimum Gasteiger partial charge on any atom is -0.491 e. The van der Waals surface area contributed by atoms with Crippen molar-refractivity contribution in [1.82, 2.24) is 5.32 Å². The molecule has 0 aliphatic heterocycles. The van der Waals surface area contributed by atoms with Gasteiger partial charge in [0.15, 0.2) is 0 Å². The van der Waals surface area contributed by atoms with Gasteiger partial charge in [-0.3, -0.25) is 9.10 Å². The highest BCUT2D eigenvalue weighted by Gasteiger charge is 2.18. The minimum absolute atomic E-state index is 0.144. The van der Waals surface area contributed by atoms with Crippen molar-refractivity contribution in [2.24, 2.45) is 0 Å². The number of sulfonamides is 1. The van der Waals surface area contributed by atoms with Gasteiger partial charge in [-0.1, -0.05) is 29.3 Å². The number of halogens is 1. The number of rotatable bonds is 10. The summed E-state index contributed by atoms with van der Waals surface area (Å²) in [6, 6.07) is 14.1. The van der Waals surface area contributed by atoms with E-state index in [1.807, 2.05) is 38.1 Å². The Hall–Kier alpha value is -2.25. The lowest BCUT2D eigenvalue weighted by Gasteiger charge is -2.22. The topological polar surface area (TPSA) is 75.7 Å². The van der Waals surface area contributed by atoms with Gasteiger partial charge in [-0.05, 0) is 56.7 Å². The molecule has 0 aliphatic rings. The normalized spacial score (nSPS) is 12.3. The molecular formula is C21H27ClN2O4S. The molecule has 0 aliphatic carbocycles. The number of carbonyl (C=O) groups excluding carboxylic acids is 1. The maximum Gasteiger partial charge on any atom is 0.232 e. The van der Waals surface area contributed by atoms with E-state index >= 15 is 0 Å². The van der Waals surface area contributed by atoms with Crippen molar-refractivity contribution in [3.05, 3.63) is 59.1 Å². The standard InChI is InChI=1S/C21H27ClN2O4S/c1-16-6-12-20(13-7-16)28-15-17(2)23-21(25)5-4-14-24(29(3,26)27)19-10-8-18(22)9-11-19/h6-13,17H,4-5,14-15H2,1-3H3,(H,23,25)/t17-/m0/s1. The molecule has 2 rings (SSSR count). The van der Waals surface area contributed by atoms with Crippen LogP contribution in [0.4, 0.5) is 5.69 Å². The van der Waals surface area contributed by atoms with Crippen LogP contribution < -0.4 is 14.4 Å². The molecule has 0 bridgehead atoms. The van der Waals surface area contributed by atoms with Crippen LogP contribution in [0.15, 0.2) is 48.5 Å². The predicted molar refractivity (Wildman–Crippen MR) is 117 cm³/mol. The summed E-state index contributed by atoms with van der Waals surface area (Å²) in [5.74, 6) is 0.609. The van der Waals surface area contributed by atoms with E-state index < -0.39 is 10.0 Å². The van der Waals surface area contributed by atoms with Crippen LogP contribution in [0.3, 0.4) is 0 Å². The first-order valence-electron chi connectivity index (χ1n) is 9.37. The van der Waals surface area contributed by atoms with Gasteiger partial charge in [0.25, 0.3) is 0 Å². The van der Waals surface area contributed by atoms with Gasteiger partial charge in [-0.25, -0.2) is 8.42 Å². The summed E-state index contributed by atoms with van der Waals surface area (Å²) in [4.78, 5) is 12.2. The van der Waals surface area contributed by atoms with E-state index in [0.717, 1.165) is 17.6 Å². The van der Waals surface area contributed by atoms with Crippen LogP contribution in [0, 0.1) is 6.92 Å². The first-order valence-corrected chi connectivity index (χ1v) is 11.6. The van der Waals surface area contributed by atoms with Crippen LogP contribution in [0.5, 0.6) is 5.75 Å². The molecule has 0 saturated heterocycles. The molecule has 1 N–H and O–H groups in total. The Morgan fingerprint density at radius 3 is 2.34 bits per heavy atom. The second-order valence-electron chi connectivity index (χ2n) is 7.01. The van der Waals surface area contributed by atoms with E-state index in [2.05, 4.69) is 5.32 Å². The van der Waals surface area contributed by atoms with Crippen LogP contribution in [-0.4, -0.2) is 39.8 Å². The van der Waals surface area contributed by atoms with Gasteiger partial charge in [-0.15, -0.1) is 0 Å². The predicted octanol–water partition coefficient (Wildman–Crippen LogP) is 3.78. The van der Waals surface area contributed by atoms with E-state index in [-0.39, 0.29) is 24.9 Å². The molecule has 6 nitrogen and oxygen atoms in total. The van der Waals surface area contributed by atoms with Gasteiger partial charge in [-0.2, -0.15) is 0 Å². The molecule has 1 atom stereocenters. The maximum absolute atomic E-state index is 12.2. The zero-order chi connectivity index (χ0) is 21.4. The summed E-state index contributed by atoms with van der Waals surface area (Å²) in [7, 11) is -3.46. The fourth-order valence-electron chi connectivity index (χ4n) is 2.72. The third-order valence-electron chi connectivity index (χ3n) is 4.21. The Bertz CT molecular complexity index is 899. The average Bonchev–Trinajstić information content (AvgIpc) is 2.65. The minimum atomic E-state index is -3.46. The number of carbonyl (C=O) groups is 1. The number of anilines is 1. The molecular weight excluding hydrogens is 412 g/mol. The molecule has 2 aromatic carbocycles. The van der Waals surface area contributed by atoms with Crippen LogP contribution in [0.2, 0.25) is 5.02 Å². The van der Waals surface area contributed by atoms with Crippen LogP contribution in [0.25, 0.3) is 0 Å². The van der Waals surface area contributed by atoms with Crippen LogP contribution >= 0.6 is 11.6 Å². The summed E-state index contributed by atoms with van der Waals surface area (Å²) in [5.41, 5.74) is 1.68. The molecule has 2 aromatic rings. The van der Waals surface area contributed by atoms with Gasteiger partial charge in [0.05, 0.1) is 18.0 Å². The van der Waals surface area contributed by atoms with Crippen molar-refractivity contribution in [2.75, 3.05) is 23.7 Å². The highest BCUT2D eigenvalue weighted by molar-refractivity contribution is 7.92. The zero-order valence-corrected chi connectivity index (χ0v) is 18.5. The Labute approximate surface area is 177 Å². The second-order valence-corrected chi connectivity index (χ2v) is 9.35. The van der Waals surface area contributed by atoms with Gasteiger partial charge < -0.3 is 10.1 Å². The van der Waals surface area contributed by atoms with Crippen LogP contribution in [-0.2, 0) is 14.8 Å². The van der Waals surface area contributed by atoms with Crippen molar-refractivity contribution < 1.29 is 17.9 Å². The fraction of sp³-hybridized carbons (Fsp3) is 0.381. The monoisotopic (exact) mass is 438 g/mol. The fourth-order valence-corrected chi connectivity index (χ4v) is 3.81. The lowest BCUT2D eigenvalue weighted by atomic mass is 10.2. The number of hydrogen-bond donors (Lipinski definition) is 1. The number of amides is 1. The number of ether oxygens (including phenoxy) is 1. The SMILES string of the molecule is Cc1ccc(OC[C@H](C)NC(=O)CCCN(c2ccc(Cl)cc2)S(C)(=O)=O)cc1. The highest BCUT2D eigenvalue weighted by atomic mass is 35.5. The molecule has 158 valence electrons. The lowest BCUT2D eigenvalue weighted by Crippen LogP contribution is -2.37. The summed E-state index contributed by atoms with van der Waals surface area (Å²) < 4.78 is 31.1. The van der Waals surface area contributed by atoms with E-state index in [4.69, 9.17) is 16.3 Å². The smallest absolute Gasteiger partial charge is 0.232 e. The van der Waals surface area contributed by atoms with Crippen molar-refractivity contribution >= 4 is 33.2 Å². The number of nitrogens with zero attached hydrogens (tertiary/aromatic N) is 1. The van der Waals surface area contributed by atoms with Gasteiger partial charge >= 0.3 is 0 Å². The molecule has 0 fully saturated rings. The molecule has 8 heteroatoms. The lowest BCUT2D eigenvalue weighted by molar-refractivity contribution is -0.121. The summed E-state index contributed by atoms with van der Waals surface area (Å²) in [6.45, 7) is 4.43. The van der Waals surface area contributed by atoms with E-state index in [9.17, 15) is 13.2 Å². The molecule has 0 unspecified atom stereocenters. The third-order valence-corrected chi connectivity index (χ3v) is 5.65. The molecule has 1 amide bonds. The second kappa shape index (κ2) is 10.5.